The van der Waals surface area contributed by atoms with E-state index in [1.54, 1.807) is 0 Å². The van der Waals surface area contributed by atoms with Gasteiger partial charge in [-0.2, -0.15) is 0 Å². The summed E-state index contributed by atoms with van der Waals surface area (Å²) < 4.78 is 0. The van der Waals surface area contributed by atoms with Crippen molar-refractivity contribution >= 4 is 16.7 Å². The summed E-state index contributed by atoms with van der Waals surface area (Å²) in [4.78, 5) is 7.18. The molecule has 2 fully saturated rings. The largest absolute Gasteiger partial charge is 0.356 e. The summed E-state index contributed by atoms with van der Waals surface area (Å²) in [5.41, 5.74) is 1.39. The van der Waals surface area contributed by atoms with Crippen LogP contribution in [-0.4, -0.2) is 49.6 Å². The lowest BCUT2D eigenvalue weighted by molar-refractivity contribution is 0.150. The first-order chi connectivity index (χ1) is 13.8. The van der Waals surface area contributed by atoms with E-state index in [1.165, 1.54) is 68.0 Å². The fourth-order valence-corrected chi connectivity index (χ4v) is 4.89. The first-order valence-corrected chi connectivity index (χ1v) is 11.0. The zero-order chi connectivity index (χ0) is 19.2. The topological polar surface area (TPSA) is 39.7 Å². The predicted octanol–water partition coefficient (Wildman–Crippen LogP) is 3.95. The highest BCUT2D eigenvalue weighted by atomic mass is 15.2. The van der Waals surface area contributed by atoms with Crippen molar-refractivity contribution in [2.24, 2.45) is 4.99 Å². The maximum absolute atomic E-state index is 4.45. The number of rotatable bonds is 5. The van der Waals surface area contributed by atoms with Crippen molar-refractivity contribution in [3.05, 3.63) is 48.0 Å². The van der Waals surface area contributed by atoms with Crippen LogP contribution in [0.3, 0.4) is 0 Å². The number of benzene rings is 2. The second kappa shape index (κ2) is 9.42. The van der Waals surface area contributed by atoms with Crippen molar-refractivity contribution in [1.29, 1.82) is 0 Å². The molecule has 2 aromatic carbocycles. The average Bonchev–Trinajstić information content (AvgIpc) is 3.28. The average molecular weight is 379 g/mol. The molecule has 0 unspecified atom stereocenters. The van der Waals surface area contributed by atoms with E-state index in [4.69, 9.17) is 0 Å². The zero-order valence-electron chi connectivity index (χ0n) is 17.2. The SMILES string of the molecule is CN=C(NCCc1cccc2ccccc12)NC1CCN(C2CCCC2)CC1. The summed E-state index contributed by atoms with van der Waals surface area (Å²) in [5.74, 6) is 0.944. The summed E-state index contributed by atoms with van der Waals surface area (Å²) in [6.07, 6.45) is 9.13. The molecule has 0 bridgehead atoms. The molecule has 4 nitrogen and oxygen atoms in total. The Balaban J connectivity index is 1.24. The molecule has 0 radical (unpaired) electrons. The van der Waals surface area contributed by atoms with E-state index >= 15 is 0 Å². The van der Waals surface area contributed by atoms with Gasteiger partial charge in [0.1, 0.15) is 0 Å². The Morgan fingerprint density at radius 3 is 2.54 bits per heavy atom. The summed E-state index contributed by atoms with van der Waals surface area (Å²) >= 11 is 0. The smallest absolute Gasteiger partial charge is 0.191 e. The first kappa shape index (κ1) is 19.3. The van der Waals surface area contributed by atoms with Crippen molar-refractivity contribution in [1.82, 2.24) is 15.5 Å². The summed E-state index contributed by atoms with van der Waals surface area (Å²) in [6.45, 7) is 3.36. The predicted molar refractivity (Wildman–Crippen MR) is 119 cm³/mol. The van der Waals surface area contributed by atoms with Crippen molar-refractivity contribution in [3.63, 3.8) is 0 Å². The third kappa shape index (κ3) is 4.67. The molecule has 1 saturated heterocycles. The van der Waals surface area contributed by atoms with Crippen LogP contribution in [0.25, 0.3) is 10.8 Å². The van der Waals surface area contributed by atoms with Crippen LogP contribution < -0.4 is 10.6 Å². The lowest BCUT2D eigenvalue weighted by Gasteiger charge is -2.36. The number of fused-ring (bicyclic) bond motifs is 1. The lowest BCUT2D eigenvalue weighted by Crippen LogP contribution is -2.50. The van der Waals surface area contributed by atoms with Gasteiger partial charge in [-0.25, -0.2) is 0 Å². The van der Waals surface area contributed by atoms with Crippen LogP contribution in [0.1, 0.15) is 44.1 Å². The maximum atomic E-state index is 4.45. The molecule has 2 N–H and O–H groups in total. The van der Waals surface area contributed by atoms with Gasteiger partial charge in [-0.15, -0.1) is 0 Å². The van der Waals surface area contributed by atoms with Crippen molar-refractivity contribution < 1.29 is 0 Å². The van der Waals surface area contributed by atoms with E-state index in [9.17, 15) is 0 Å². The minimum atomic E-state index is 0.543. The molecule has 0 aromatic heterocycles. The third-order valence-electron chi connectivity index (χ3n) is 6.50. The van der Waals surface area contributed by atoms with Crippen LogP contribution in [0, 0.1) is 0 Å². The van der Waals surface area contributed by atoms with Gasteiger partial charge in [-0.05, 0) is 48.4 Å². The molecule has 1 aliphatic carbocycles. The van der Waals surface area contributed by atoms with Crippen LogP contribution in [0.5, 0.6) is 0 Å². The second-order valence-corrected chi connectivity index (χ2v) is 8.28. The monoisotopic (exact) mass is 378 g/mol. The van der Waals surface area contributed by atoms with Crippen molar-refractivity contribution in [3.8, 4) is 0 Å². The zero-order valence-corrected chi connectivity index (χ0v) is 17.2. The van der Waals surface area contributed by atoms with Gasteiger partial charge in [-0.1, -0.05) is 55.3 Å². The van der Waals surface area contributed by atoms with Gasteiger partial charge < -0.3 is 15.5 Å². The number of likely N-dealkylation sites (tertiary alicyclic amines) is 1. The minimum absolute atomic E-state index is 0.543. The Morgan fingerprint density at radius 2 is 1.75 bits per heavy atom. The van der Waals surface area contributed by atoms with Crippen LogP contribution in [0.4, 0.5) is 0 Å². The second-order valence-electron chi connectivity index (χ2n) is 8.28. The van der Waals surface area contributed by atoms with Gasteiger partial charge in [0.15, 0.2) is 5.96 Å². The molecule has 4 rings (SSSR count). The summed E-state index contributed by atoms with van der Waals surface area (Å²) in [7, 11) is 1.88. The van der Waals surface area contributed by atoms with Crippen molar-refractivity contribution in [2.75, 3.05) is 26.7 Å². The van der Waals surface area contributed by atoms with Gasteiger partial charge in [0, 0.05) is 38.8 Å². The Hall–Kier alpha value is -2.07. The highest BCUT2D eigenvalue weighted by molar-refractivity contribution is 5.85. The first-order valence-electron chi connectivity index (χ1n) is 11.0. The van der Waals surface area contributed by atoms with E-state index < -0.39 is 0 Å². The highest BCUT2D eigenvalue weighted by Gasteiger charge is 2.27. The van der Waals surface area contributed by atoms with Crippen molar-refractivity contribution in [2.45, 2.75) is 57.0 Å². The van der Waals surface area contributed by atoms with E-state index in [1.807, 2.05) is 7.05 Å². The number of nitrogens with zero attached hydrogens (tertiary/aromatic N) is 2. The van der Waals surface area contributed by atoms with Crippen LogP contribution in [-0.2, 0) is 6.42 Å². The Morgan fingerprint density at radius 1 is 1.00 bits per heavy atom. The fourth-order valence-electron chi connectivity index (χ4n) is 4.89. The molecular formula is C24H34N4. The van der Waals surface area contributed by atoms with Gasteiger partial charge in [0.05, 0.1) is 0 Å². The normalized spacial score (nSPS) is 20.0. The molecule has 150 valence electrons. The molecule has 0 atom stereocenters. The van der Waals surface area contributed by atoms with Gasteiger partial charge >= 0.3 is 0 Å². The number of hydrogen-bond acceptors (Lipinski definition) is 2. The lowest BCUT2D eigenvalue weighted by atomic mass is 10.0. The van der Waals surface area contributed by atoms with Gasteiger partial charge in [-0.3, -0.25) is 4.99 Å². The van der Waals surface area contributed by atoms with Crippen LogP contribution >= 0.6 is 0 Å². The Bertz CT molecular complexity index is 781. The molecule has 1 saturated carbocycles. The van der Waals surface area contributed by atoms with E-state index in [-0.39, 0.29) is 0 Å². The number of piperidine rings is 1. The Labute approximate surface area is 169 Å². The van der Waals surface area contributed by atoms with E-state index in [2.05, 4.69) is 63.0 Å². The van der Waals surface area contributed by atoms with Gasteiger partial charge in [0.25, 0.3) is 0 Å². The van der Waals surface area contributed by atoms with Crippen LogP contribution in [0.2, 0.25) is 0 Å². The van der Waals surface area contributed by atoms with E-state index in [0.717, 1.165) is 25.0 Å². The summed E-state index contributed by atoms with van der Waals surface area (Å²) in [6, 6.07) is 16.6. The molecule has 0 amide bonds. The van der Waals surface area contributed by atoms with Crippen LogP contribution in [0.15, 0.2) is 47.5 Å². The highest BCUT2D eigenvalue weighted by Crippen LogP contribution is 2.26. The third-order valence-corrected chi connectivity index (χ3v) is 6.50. The minimum Gasteiger partial charge on any atom is -0.356 e. The standard InChI is InChI=1S/C24H34N4/c1-25-24(27-21-14-17-28(18-15-21)22-10-3-4-11-22)26-16-13-20-9-6-8-19-7-2-5-12-23(19)20/h2,5-9,12,21-22H,3-4,10-11,13-18H2,1H3,(H2,25,26,27). The summed E-state index contributed by atoms with van der Waals surface area (Å²) in [5, 5.41) is 9.85. The molecule has 2 aliphatic rings. The number of nitrogens with one attached hydrogen (secondary N) is 2. The maximum Gasteiger partial charge on any atom is 0.191 e. The molecule has 1 aliphatic heterocycles. The number of guanidine groups is 1. The fraction of sp³-hybridized carbons (Fsp3) is 0.542. The molecule has 28 heavy (non-hydrogen) atoms. The molecular weight excluding hydrogens is 344 g/mol. The Kier molecular flexibility index (Phi) is 6.48. The number of aliphatic imine (C=N–C) groups is 1. The van der Waals surface area contributed by atoms with E-state index in [0.29, 0.717) is 6.04 Å². The molecule has 0 spiro atoms. The molecule has 2 aromatic rings. The number of hydrogen-bond donors (Lipinski definition) is 2. The van der Waals surface area contributed by atoms with Gasteiger partial charge in [0.2, 0.25) is 0 Å². The molecule has 1 heterocycles. The quantitative estimate of drug-likeness (QED) is 0.611. The molecule has 4 heteroatoms.